The lowest BCUT2D eigenvalue weighted by Crippen LogP contribution is -2.39. The van der Waals surface area contributed by atoms with Gasteiger partial charge in [-0.2, -0.15) is 4.31 Å². The van der Waals surface area contributed by atoms with Crippen LogP contribution in [0, 0.1) is 13.8 Å². The van der Waals surface area contributed by atoms with Crippen molar-refractivity contribution < 1.29 is 12.9 Å². The van der Waals surface area contributed by atoms with Crippen molar-refractivity contribution in [1.82, 2.24) is 19.4 Å². The van der Waals surface area contributed by atoms with Crippen LogP contribution < -0.4 is 5.73 Å². The van der Waals surface area contributed by atoms with Gasteiger partial charge in [-0.05, 0) is 44.4 Å². The van der Waals surface area contributed by atoms with E-state index < -0.39 is 16.1 Å². The van der Waals surface area contributed by atoms with Crippen molar-refractivity contribution in [1.29, 1.82) is 0 Å². The molecule has 3 aromatic rings. The van der Waals surface area contributed by atoms with Gasteiger partial charge >= 0.3 is 0 Å². The Hall–Kier alpha value is -2.49. The first kappa shape index (κ1) is 20.8. The van der Waals surface area contributed by atoms with Crippen LogP contribution >= 0.6 is 11.6 Å². The van der Waals surface area contributed by atoms with E-state index in [-0.39, 0.29) is 16.6 Å². The molecule has 0 unspecified atom stereocenters. The number of sulfonamides is 1. The number of hydrogen-bond acceptors (Lipinski definition) is 7. The van der Waals surface area contributed by atoms with Gasteiger partial charge in [-0.15, -0.1) is 0 Å². The number of benzene rings is 1. The summed E-state index contributed by atoms with van der Waals surface area (Å²) in [6.07, 6.45) is 3.90. The van der Waals surface area contributed by atoms with Crippen LogP contribution in [-0.4, -0.2) is 34.4 Å². The number of halogens is 1. The van der Waals surface area contributed by atoms with E-state index in [0.717, 1.165) is 24.0 Å². The molecule has 158 valence electrons. The lowest BCUT2D eigenvalue weighted by Gasteiger charge is -2.35. The van der Waals surface area contributed by atoms with E-state index in [0.29, 0.717) is 29.4 Å². The SMILES string of the molecule is Cc1noc(C)c1S(=O)(=O)N1CCCC[C@H]1c1nc(N)ncc1-c1ccc(Cl)cc1. The summed E-state index contributed by atoms with van der Waals surface area (Å²) in [4.78, 5) is 8.73. The molecule has 10 heteroatoms. The maximum absolute atomic E-state index is 13.6. The van der Waals surface area contributed by atoms with Crippen molar-refractivity contribution in [3.8, 4) is 11.1 Å². The fraction of sp³-hybridized carbons (Fsp3) is 0.350. The minimum Gasteiger partial charge on any atom is -0.368 e. The second-order valence-corrected chi connectivity index (χ2v) is 9.58. The Bertz CT molecular complexity index is 1160. The van der Waals surface area contributed by atoms with Crippen molar-refractivity contribution in [3.05, 3.63) is 52.6 Å². The first-order chi connectivity index (χ1) is 14.3. The van der Waals surface area contributed by atoms with Gasteiger partial charge in [0, 0.05) is 23.3 Å². The summed E-state index contributed by atoms with van der Waals surface area (Å²) in [7, 11) is -3.84. The smallest absolute Gasteiger partial charge is 0.249 e. The number of nitrogens with zero attached hydrogens (tertiary/aromatic N) is 4. The largest absolute Gasteiger partial charge is 0.368 e. The molecule has 0 aliphatic carbocycles. The third-order valence-corrected chi connectivity index (χ3v) is 7.70. The number of aryl methyl sites for hydroxylation is 2. The fourth-order valence-electron chi connectivity index (χ4n) is 3.94. The lowest BCUT2D eigenvalue weighted by atomic mass is 9.95. The Morgan fingerprint density at radius 1 is 1.20 bits per heavy atom. The highest BCUT2D eigenvalue weighted by molar-refractivity contribution is 7.89. The number of anilines is 1. The van der Waals surface area contributed by atoms with Crippen LogP contribution in [0.2, 0.25) is 5.02 Å². The first-order valence-corrected chi connectivity index (χ1v) is 11.4. The van der Waals surface area contributed by atoms with Crippen molar-refractivity contribution in [3.63, 3.8) is 0 Å². The second kappa shape index (κ2) is 7.98. The topological polar surface area (TPSA) is 115 Å². The molecule has 0 amide bonds. The van der Waals surface area contributed by atoms with E-state index in [2.05, 4.69) is 15.1 Å². The predicted molar refractivity (Wildman–Crippen MR) is 113 cm³/mol. The van der Waals surface area contributed by atoms with Crippen LogP contribution in [0.4, 0.5) is 5.95 Å². The van der Waals surface area contributed by atoms with Gasteiger partial charge in [-0.1, -0.05) is 35.3 Å². The van der Waals surface area contributed by atoms with Crippen molar-refractivity contribution in [2.45, 2.75) is 44.0 Å². The molecule has 4 rings (SSSR count). The Morgan fingerprint density at radius 2 is 1.93 bits per heavy atom. The normalized spacial score (nSPS) is 17.9. The summed E-state index contributed by atoms with van der Waals surface area (Å²) in [6.45, 7) is 3.61. The third-order valence-electron chi connectivity index (χ3n) is 5.30. The summed E-state index contributed by atoms with van der Waals surface area (Å²) in [5, 5.41) is 4.43. The monoisotopic (exact) mass is 447 g/mol. The Morgan fingerprint density at radius 3 is 2.60 bits per heavy atom. The predicted octanol–water partition coefficient (Wildman–Crippen LogP) is 3.90. The molecule has 3 heterocycles. The Kier molecular flexibility index (Phi) is 5.52. The van der Waals surface area contributed by atoms with Gasteiger partial charge in [0.15, 0.2) is 5.76 Å². The zero-order chi connectivity index (χ0) is 21.5. The molecule has 1 atom stereocenters. The number of nitrogens with two attached hydrogens (primary N) is 1. The fourth-order valence-corrected chi connectivity index (χ4v) is 6.02. The van der Waals surface area contributed by atoms with Crippen LogP contribution in [0.1, 0.15) is 42.5 Å². The van der Waals surface area contributed by atoms with Gasteiger partial charge in [0.1, 0.15) is 10.6 Å². The van der Waals surface area contributed by atoms with E-state index in [1.807, 2.05) is 12.1 Å². The minimum atomic E-state index is -3.84. The molecule has 0 radical (unpaired) electrons. The summed E-state index contributed by atoms with van der Waals surface area (Å²) in [5.74, 6) is 0.375. The molecule has 30 heavy (non-hydrogen) atoms. The van der Waals surface area contributed by atoms with Gasteiger partial charge in [0.2, 0.25) is 16.0 Å². The average molecular weight is 448 g/mol. The highest BCUT2D eigenvalue weighted by Gasteiger charge is 2.39. The zero-order valence-corrected chi connectivity index (χ0v) is 18.2. The number of hydrogen-bond donors (Lipinski definition) is 1. The molecule has 1 aliphatic rings. The van der Waals surface area contributed by atoms with Crippen LogP contribution in [0.25, 0.3) is 11.1 Å². The highest BCUT2D eigenvalue weighted by atomic mass is 35.5. The standard InChI is InChI=1S/C20H22ClN5O3S/c1-12-19(13(2)29-25-12)30(27,28)26-10-4-3-5-17(26)18-16(11-23-20(22)24-18)14-6-8-15(21)9-7-14/h6-9,11,17H,3-5,10H2,1-2H3,(H2,22,23,24)/t17-/m0/s1. The molecule has 1 aromatic carbocycles. The summed E-state index contributed by atoms with van der Waals surface area (Å²) in [5.41, 5.74) is 8.40. The molecule has 0 saturated carbocycles. The van der Waals surface area contributed by atoms with Crippen molar-refractivity contribution >= 4 is 27.6 Å². The Labute approximate surface area is 180 Å². The minimum absolute atomic E-state index is 0.1000. The molecule has 8 nitrogen and oxygen atoms in total. The average Bonchev–Trinajstić information content (AvgIpc) is 3.07. The third kappa shape index (κ3) is 3.68. The molecule has 2 aromatic heterocycles. The summed E-state index contributed by atoms with van der Waals surface area (Å²) in [6, 6.07) is 6.79. The van der Waals surface area contributed by atoms with Gasteiger partial charge in [-0.25, -0.2) is 18.4 Å². The van der Waals surface area contributed by atoms with Crippen molar-refractivity contribution in [2.24, 2.45) is 0 Å². The zero-order valence-electron chi connectivity index (χ0n) is 16.7. The van der Waals surface area contributed by atoms with E-state index >= 15 is 0 Å². The van der Waals surface area contributed by atoms with Gasteiger partial charge in [0.25, 0.3) is 0 Å². The van der Waals surface area contributed by atoms with E-state index in [1.54, 1.807) is 32.2 Å². The quantitative estimate of drug-likeness (QED) is 0.644. The number of rotatable bonds is 4. The molecule has 2 N–H and O–H groups in total. The number of nitrogen functional groups attached to an aromatic ring is 1. The van der Waals surface area contributed by atoms with E-state index in [9.17, 15) is 8.42 Å². The molecule has 0 spiro atoms. The van der Waals surface area contributed by atoms with Crippen LogP contribution in [0.5, 0.6) is 0 Å². The van der Waals surface area contributed by atoms with E-state index in [4.69, 9.17) is 21.9 Å². The summed E-state index contributed by atoms with van der Waals surface area (Å²) < 4.78 is 33.8. The maximum Gasteiger partial charge on any atom is 0.249 e. The van der Waals surface area contributed by atoms with Crippen molar-refractivity contribution in [2.75, 3.05) is 12.3 Å². The van der Waals surface area contributed by atoms with Crippen LogP contribution in [-0.2, 0) is 10.0 Å². The molecule has 1 saturated heterocycles. The number of aromatic nitrogens is 3. The van der Waals surface area contributed by atoms with Crippen LogP contribution in [0.15, 0.2) is 39.9 Å². The highest BCUT2D eigenvalue weighted by Crippen LogP contribution is 2.40. The lowest BCUT2D eigenvalue weighted by molar-refractivity contribution is 0.251. The summed E-state index contributed by atoms with van der Waals surface area (Å²) >= 11 is 6.03. The Balaban J connectivity index is 1.84. The van der Waals surface area contributed by atoms with Gasteiger partial charge < -0.3 is 10.3 Å². The van der Waals surface area contributed by atoms with Gasteiger partial charge in [-0.3, -0.25) is 0 Å². The maximum atomic E-state index is 13.6. The molecule has 0 bridgehead atoms. The molecule has 1 fully saturated rings. The number of piperidine rings is 1. The van der Waals surface area contributed by atoms with Gasteiger partial charge in [0.05, 0.1) is 11.7 Å². The molecular weight excluding hydrogens is 426 g/mol. The van der Waals surface area contributed by atoms with E-state index in [1.165, 1.54) is 4.31 Å². The molecule has 1 aliphatic heterocycles. The van der Waals surface area contributed by atoms with Crippen LogP contribution in [0.3, 0.4) is 0 Å². The first-order valence-electron chi connectivity index (χ1n) is 9.62. The second-order valence-electron chi connectivity index (χ2n) is 7.31. The molecular formula is C20H22ClN5O3S.